The van der Waals surface area contributed by atoms with Gasteiger partial charge < -0.3 is 9.47 Å². The molecule has 3 aliphatic rings. The van der Waals surface area contributed by atoms with Gasteiger partial charge in [-0.1, -0.05) is 60.7 Å². The second-order valence-corrected chi connectivity index (χ2v) is 9.37. The summed E-state index contributed by atoms with van der Waals surface area (Å²) in [6.45, 7) is 0. The Morgan fingerprint density at radius 3 is 1.86 bits per heavy atom. The average Bonchev–Trinajstić information content (AvgIpc) is 3.48. The van der Waals surface area contributed by atoms with Gasteiger partial charge in [-0.3, -0.25) is 0 Å². The van der Waals surface area contributed by atoms with Crippen molar-refractivity contribution in [2.24, 2.45) is 11.8 Å². The molecule has 29 heavy (non-hydrogen) atoms. The van der Waals surface area contributed by atoms with Crippen molar-refractivity contribution >= 4 is 0 Å². The number of aryl methyl sites for hydroxylation is 2. The first-order valence-electron chi connectivity index (χ1n) is 11.8. The maximum Gasteiger partial charge on any atom is 0.172 e. The molecular weight excluding hydrogens is 356 g/mol. The number of hydrogen-bond acceptors (Lipinski definition) is 2. The molecule has 3 fully saturated rings. The van der Waals surface area contributed by atoms with Gasteiger partial charge >= 0.3 is 0 Å². The second kappa shape index (κ2) is 8.62. The van der Waals surface area contributed by atoms with E-state index in [2.05, 4.69) is 60.7 Å². The number of fused-ring (bicyclic) bond motifs is 2. The van der Waals surface area contributed by atoms with Crippen LogP contribution in [0.1, 0.15) is 62.5 Å². The van der Waals surface area contributed by atoms with E-state index in [4.69, 9.17) is 9.47 Å². The van der Waals surface area contributed by atoms with Crippen molar-refractivity contribution in [3.8, 4) is 0 Å². The second-order valence-electron chi connectivity index (χ2n) is 9.37. The molecule has 0 aromatic heterocycles. The third-order valence-corrected chi connectivity index (χ3v) is 7.30. The summed E-state index contributed by atoms with van der Waals surface area (Å²) in [7, 11) is 0. The fraction of sp³-hybridized carbons (Fsp3) is 0.556. The Morgan fingerprint density at radius 2 is 1.31 bits per heavy atom. The first-order valence-corrected chi connectivity index (χ1v) is 11.8. The molecule has 2 aromatic rings. The standard InChI is InChI=1S/C27H34O2/c1-3-10-21(11-4-1)14-7-17-25-26(18-8-15-22-12-5-2-6-13-22)29-27(28-25)19-9-16-23-20-24(23)27/h1-6,10-13,23-26H,7-9,14-20H2/t23-,24+,25+,26+/m1/s1. The van der Waals surface area contributed by atoms with Gasteiger partial charge in [0.25, 0.3) is 0 Å². The van der Waals surface area contributed by atoms with Gasteiger partial charge in [-0.15, -0.1) is 0 Å². The Bertz CT molecular complexity index is 718. The molecule has 2 heteroatoms. The summed E-state index contributed by atoms with van der Waals surface area (Å²) >= 11 is 0. The van der Waals surface area contributed by atoms with E-state index >= 15 is 0 Å². The van der Waals surface area contributed by atoms with Crippen molar-refractivity contribution in [3.05, 3.63) is 71.8 Å². The fourth-order valence-electron chi connectivity index (χ4n) is 5.68. The minimum Gasteiger partial charge on any atom is -0.344 e. The summed E-state index contributed by atoms with van der Waals surface area (Å²) in [5.74, 6) is 1.31. The van der Waals surface area contributed by atoms with Gasteiger partial charge in [-0.05, 0) is 74.8 Å². The smallest absolute Gasteiger partial charge is 0.172 e. The van der Waals surface area contributed by atoms with Crippen molar-refractivity contribution < 1.29 is 9.47 Å². The third-order valence-electron chi connectivity index (χ3n) is 7.30. The fourth-order valence-corrected chi connectivity index (χ4v) is 5.68. The Balaban J connectivity index is 1.19. The van der Waals surface area contributed by atoms with E-state index in [-0.39, 0.29) is 18.0 Å². The van der Waals surface area contributed by atoms with Gasteiger partial charge in [0.15, 0.2) is 5.79 Å². The lowest BCUT2D eigenvalue weighted by atomic mass is 9.94. The van der Waals surface area contributed by atoms with Gasteiger partial charge in [0.1, 0.15) is 0 Å². The highest BCUT2D eigenvalue weighted by atomic mass is 16.8. The minimum absolute atomic E-state index is 0.238. The first kappa shape index (κ1) is 19.3. The number of benzene rings is 2. The highest BCUT2D eigenvalue weighted by molar-refractivity contribution is 5.15. The Kier molecular flexibility index (Phi) is 5.74. The topological polar surface area (TPSA) is 18.5 Å². The maximum atomic E-state index is 6.77. The van der Waals surface area contributed by atoms with Gasteiger partial charge in [0, 0.05) is 12.3 Å². The van der Waals surface area contributed by atoms with Crippen LogP contribution in [0.4, 0.5) is 0 Å². The predicted octanol–water partition coefficient (Wildman–Crippen LogP) is 6.33. The molecular formula is C27H34O2. The van der Waals surface area contributed by atoms with Crippen molar-refractivity contribution in [2.45, 2.75) is 82.2 Å². The van der Waals surface area contributed by atoms with Crippen LogP contribution in [0.15, 0.2) is 60.7 Å². The van der Waals surface area contributed by atoms with Crippen molar-refractivity contribution in [2.75, 3.05) is 0 Å². The molecule has 2 aliphatic carbocycles. The van der Waals surface area contributed by atoms with E-state index < -0.39 is 0 Å². The Hall–Kier alpha value is -1.64. The molecule has 1 heterocycles. The molecule has 1 spiro atoms. The van der Waals surface area contributed by atoms with E-state index in [1.165, 1.54) is 43.2 Å². The molecule has 2 nitrogen and oxygen atoms in total. The van der Waals surface area contributed by atoms with Gasteiger partial charge in [0.05, 0.1) is 12.2 Å². The molecule has 154 valence electrons. The third kappa shape index (κ3) is 4.44. The quantitative estimate of drug-likeness (QED) is 0.524. The van der Waals surface area contributed by atoms with Crippen molar-refractivity contribution in [1.29, 1.82) is 0 Å². The lowest BCUT2D eigenvalue weighted by Gasteiger charge is -2.32. The summed E-state index contributed by atoms with van der Waals surface area (Å²) < 4.78 is 13.5. The Labute approximate surface area is 175 Å². The summed E-state index contributed by atoms with van der Waals surface area (Å²) in [6.07, 6.45) is 12.5. The highest BCUT2D eigenvalue weighted by Gasteiger charge is 2.61. The molecule has 1 aliphatic heterocycles. The maximum absolute atomic E-state index is 6.77. The summed E-state index contributed by atoms with van der Waals surface area (Å²) in [4.78, 5) is 0. The van der Waals surface area contributed by atoms with Gasteiger partial charge in [-0.25, -0.2) is 0 Å². The van der Waals surface area contributed by atoms with E-state index in [0.29, 0.717) is 5.92 Å². The first-order chi connectivity index (χ1) is 14.3. The van der Waals surface area contributed by atoms with Crippen LogP contribution in [-0.4, -0.2) is 18.0 Å². The van der Waals surface area contributed by atoms with Crippen LogP contribution in [0.3, 0.4) is 0 Å². The Morgan fingerprint density at radius 1 is 0.759 bits per heavy atom. The lowest BCUT2D eigenvalue weighted by Crippen LogP contribution is -2.37. The monoisotopic (exact) mass is 390 g/mol. The number of hydrogen-bond donors (Lipinski definition) is 0. The van der Waals surface area contributed by atoms with Crippen LogP contribution in [0.5, 0.6) is 0 Å². The molecule has 2 aromatic carbocycles. The molecule has 4 atom stereocenters. The average molecular weight is 391 g/mol. The lowest BCUT2D eigenvalue weighted by molar-refractivity contribution is -0.206. The zero-order valence-corrected chi connectivity index (χ0v) is 17.5. The number of ether oxygens (including phenoxy) is 2. The van der Waals surface area contributed by atoms with E-state index in [9.17, 15) is 0 Å². The van der Waals surface area contributed by atoms with E-state index in [0.717, 1.165) is 38.0 Å². The zero-order chi connectivity index (χ0) is 19.5. The van der Waals surface area contributed by atoms with Crippen LogP contribution >= 0.6 is 0 Å². The van der Waals surface area contributed by atoms with Gasteiger partial charge in [-0.2, -0.15) is 0 Å². The van der Waals surface area contributed by atoms with Crippen molar-refractivity contribution in [3.63, 3.8) is 0 Å². The summed E-state index contributed by atoms with van der Waals surface area (Å²) in [5.41, 5.74) is 2.86. The van der Waals surface area contributed by atoms with Crippen LogP contribution in [0.25, 0.3) is 0 Å². The van der Waals surface area contributed by atoms with Gasteiger partial charge in [0.2, 0.25) is 0 Å². The summed E-state index contributed by atoms with van der Waals surface area (Å²) in [6, 6.07) is 21.7. The van der Waals surface area contributed by atoms with Crippen LogP contribution < -0.4 is 0 Å². The molecule has 0 radical (unpaired) electrons. The molecule has 0 amide bonds. The normalized spacial score (nSPS) is 29.7. The summed E-state index contributed by atoms with van der Waals surface area (Å²) in [5, 5.41) is 0. The molecule has 0 unspecified atom stereocenters. The minimum atomic E-state index is -0.238. The SMILES string of the molecule is c1ccc(CCC[C@@H]2OC3(CCC[C@@H]4C[C@@H]43)O[C@H]2CCCc2ccccc2)cc1. The van der Waals surface area contributed by atoms with E-state index in [1.807, 2.05) is 0 Å². The molecule has 2 saturated carbocycles. The molecule has 0 bridgehead atoms. The van der Waals surface area contributed by atoms with Crippen LogP contribution in [-0.2, 0) is 22.3 Å². The van der Waals surface area contributed by atoms with Crippen LogP contribution in [0, 0.1) is 11.8 Å². The largest absolute Gasteiger partial charge is 0.344 e. The zero-order valence-electron chi connectivity index (χ0n) is 17.5. The van der Waals surface area contributed by atoms with Crippen LogP contribution in [0.2, 0.25) is 0 Å². The molecule has 1 saturated heterocycles. The molecule has 0 N–H and O–H groups in total. The van der Waals surface area contributed by atoms with E-state index in [1.54, 1.807) is 0 Å². The molecule has 5 rings (SSSR count). The van der Waals surface area contributed by atoms with Crippen molar-refractivity contribution in [1.82, 2.24) is 0 Å². The predicted molar refractivity (Wildman–Crippen MR) is 117 cm³/mol. The highest BCUT2D eigenvalue weighted by Crippen LogP contribution is 2.60. The number of rotatable bonds is 8.